The summed E-state index contributed by atoms with van der Waals surface area (Å²) in [4.78, 5) is 32.2. The summed E-state index contributed by atoms with van der Waals surface area (Å²) in [6.45, 7) is 1.81. The van der Waals surface area contributed by atoms with E-state index in [0.29, 0.717) is 25.5 Å². The second-order valence-corrected chi connectivity index (χ2v) is 8.91. The lowest BCUT2D eigenvalue weighted by Gasteiger charge is -2.41. The van der Waals surface area contributed by atoms with Gasteiger partial charge in [0, 0.05) is 37.9 Å². The smallest absolute Gasteiger partial charge is 0.417 e. The molecule has 1 spiro atoms. The Hall–Kier alpha value is -2.52. The van der Waals surface area contributed by atoms with Crippen LogP contribution in [0.25, 0.3) is 0 Å². The summed E-state index contributed by atoms with van der Waals surface area (Å²) >= 11 is 0. The highest BCUT2D eigenvalue weighted by Crippen LogP contribution is 2.43. The number of anilines is 1. The van der Waals surface area contributed by atoms with Gasteiger partial charge >= 0.3 is 12.3 Å². The van der Waals surface area contributed by atoms with E-state index in [-0.39, 0.29) is 18.0 Å². The highest BCUT2D eigenvalue weighted by atomic mass is 19.4. The minimum Gasteiger partial charge on any atom is -0.465 e. The summed E-state index contributed by atoms with van der Waals surface area (Å²) in [6.07, 6.45) is 0.694. The highest BCUT2D eigenvalue weighted by molar-refractivity contribution is 5.86. The normalized spacial score (nSPS) is 29.5. The molecule has 2 saturated heterocycles. The Bertz CT molecular complexity index is 824. The van der Waals surface area contributed by atoms with Crippen LogP contribution in [0.1, 0.15) is 50.5 Å². The molecule has 3 fully saturated rings. The van der Waals surface area contributed by atoms with Crippen LogP contribution in [0, 0.1) is 5.41 Å². The third-order valence-corrected chi connectivity index (χ3v) is 6.99. The minimum atomic E-state index is -4.42. The number of pyridine rings is 1. The summed E-state index contributed by atoms with van der Waals surface area (Å²) in [6, 6.07) is 2.49. The average Bonchev–Trinajstić information content (AvgIpc) is 3.03. The molecule has 31 heavy (non-hydrogen) atoms. The molecule has 2 aliphatic heterocycles. The molecule has 1 aliphatic carbocycles. The Morgan fingerprint density at radius 2 is 1.90 bits per heavy atom. The number of halogens is 3. The van der Waals surface area contributed by atoms with Crippen LogP contribution in [0.3, 0.4) is 0 Å². The third-order valence-electron chi connectivity index (χ3n) is 6.99. The number of carboxylic acid groups (broad SMARTS) is 1. The molecule has 4 rings (SSSR count). The number of nitrogens with zero attached hydrogens (tertiary/aromatic N) is 3. The van der Waals surface area contributed by atoms with E-state index >= 15 is 0 Å². The van der Waals surface area contributed by atoms with Crippen molar-refractivity contribution < 1.29 is 27.9 Å². The molecule has 1 saturated carbocycles. The molecule has 1 unspecified atom stereocenters. The van der Waals surface area contributed by atoms with Gasteiger partial charge in [-0.05, 0) is 57.1 Å². The molecule has 0 radical (unpaired) electrons. The zero-order valence-corrected chi connectivity index (χ0v) is 17.2. The van der Waals surface area contributed by atoms with E-state index in [2.05, 4.69) is 10.3 Å². The van der Waals surface area contributed by atoms with Crippen LogP contribution in [0.2, 0.25) is 0 Å². The van der Waals surface area contributed by atoms with Gasteiger partial charge in [0.2, 0.25) is 5.91 Å². The van der Waals surface area contributed by atoms with Gasteiger partial charge in [-0.2, -0.15) is 13.2 Å². The number of rotatable bonds is 3. The second-order valence-electron chi connectivity index (χ2n) is 8.91. The maximum atomic E-state index is 13.4. The summed E-state index contributed by atoms with van der Waals surface area (Å²) in [5.74, 6) is 0.595. The monoisotopic (exact) mass is 440 g/mol. The molecule has 1 atom stereocenters. The number of aromatic nitrogens is 1. The van der Waals surface area contributed by atoms with Gasteiger partial charge in [0.1, 0.15) is 5.82 Å². The fourth-order valence-electron chi connectivity index (χ4n) is 5.35. The van der Waals surface area contributed by atoms with Crippen LogP contribution < -0.4 is 10.2 Å². The van der Waals surface area contributed by atoms with Crippen molar-refractivity contribution in [1.82, 2.24) is 15.2 Å². The largest absolute Gasteiger partial charge is 0.465 e. The lowest BCUT2D eigenvalue weighted by Crippen LogP contribution is -2.50. The maximum Gasteiger partial charge on any atom is 0.417 e. The first-order valence-electron chi connectivity index (χ1n) is 10.8. The third kappa shape index (κ3) is 4.43. The van der Waals surface area contributed by atoms with E-state index in [4.69, 9.17) is 5.11 Å². The molecule has 7 nitrogen and oxygen atoms in total. The molecular weight excluding hydrogens is 413 g/mol. The molecule has 10 heteroatoms. The standard InChI is InChI=1S/C21H27F3N4O3/c22-21(23,24)14-2-7-17(25-12-14)27-10-1-8-20(13-27)9-11-28(18(20)29)16-5-3-15(4-6-16)26-19(30)31/h2,7,12,15-16,26H,1,3-6,8-11,13H2,(H,30,31). The van der Waals surface area contributed by atoms with Crippen molar-refractivity contribution in [2.45, 2.75) is 63.2 Å². The number of nitrogens with one attached hydrogen (secondary N) is 1. The summed E-state index contributed by atoms with van der Waals surface area (Å²) < 4.78 is 38.5. The number of amides is 2. The molecule has 1 aromatic heterocycles. The van der Waals surface area contributed by atoms with Gasteiger partial charge in [0.05, 0.1) is 11.0 Å². The summed E-state index contributed by atoms with van der Waals surface area (Å²) in [5, 5.41) is 11.4. The summed E-state index contributed by atoms with van der Waals surface area (Å²) in [7, 11) is 0. The van der Waals surface area contributed by atoms with Crippen LogP contribution in [0.15, 0.2) is 18.3 Å². The first kappa shape index (κ1) is 21.7. The Morgan fingerprint density at radius 3 is 2.52 bits per heavy atom. The fourth-order valence-corrected chi connectivity index (χ4v) is 5.35. The van der Waals surface area contributed by atoms with Gasteiger partial charge in [-0.1, -0.05) is 0 Å². The van der Waals surface area contributed by atoms with Crippen molar-refractivity contribution >= 4 is 17.8 Å². The molecule has 3 heterocycles. The van der Waals surface area contributed by atoms with Crippen molar-refractivity contribution in [2.75, 3.05) is 24.5 Å². The second kappa shape index (κ2) is 8.20. The zero-order valence-electron chi connectivity index (χ0n) is 17.2. The predicted octanol–water partition coefficient (Wildman–Crippen LogP) is 3.50. The van der Waals surface area contributed by atoms with Crippen LogP contribution in [-0.4, -0.2) is 58.7 Å². The van der Waals surface area contributed by atoms with Gasteiger partial charge in [-0.25, -0.2) is 9.78 Å². The number of piperidine rings is 1. The van der Waals surface area contributed by atoms with Crippen molar-refractivity contribution in [2.24, 2.45) is 5.41 Å². The van der Waals surface area contributed by atoms with Crippen molar-refractivity contribution in [3.8, 4) is 0 Å². The van der Waals surface area contributed by atoms with E-state index in [9.17, 15) is 22.8 Å². The van der Waals surface area contributed by atoms with E-state index in [1.54, 1.807) is 0 Å². The molecule has 1 aromatic rings. The zero-order chi connectivity index (χ0) is 22.2. The number of hydrogen-bond donors (Lipinski definition) is 2. The predicted molar refractivity (Wildman–Crippen MR) is 107 cm³/mol. The van der Waals surface area contributed by atoms with E-state index in [0.717, 1.165) is 57.2 Å². The van der Waals surface area contributed by atoms with E-state index in [1.165, 1.54) is 6.07 Å². The van der Waals surface area contributed by atoms with Crippen molar-refractivity contribution in [3.63, 3.8) is 0 Å². The van der Waals surface area contributed by atoms with E-state index in [1.807, 2.05) is 9.80 Å². The quantitative estimate of drug-likeness (QED) is 0.752. The molecule has 3 aliphatic rings. The lowest BCUT2D eigenvalue weighted by atomic mass is 9.78. The molecular formula is C21H27F3N4O3. The number of carbonyl (C=O) groups excluding carboxylic acids is 1. The Morgan fingerprint density at radius 1 is 1.16 bits per heavy atom. The van der Waals surface area contributed by atoms with Gasteiger partial charge in [-0.3, -0.25) is 4.79 Å². The molecule has 2 amide bonds. The number of carbonyl (C=O) groups is 2. The van der Waals surface area contributed by atoms with Crippen LogP contribution in [-0.2, 0) is 11.0 Å². The highest BCUT2D eigenvalue weighted by Gasteiger charge is 2.51. The molecule has 0 bridgehead atoms. The molecule has 170 valence electrons. The average molecular weight is 440 g/mol. The summed E-state index contributed by atoms with van der Waals surface area (Å²) in [5.41, 5.74) is -1.29. The topological polar surface area (TPSA) is 85.8 Å². The maximum absolute atomic E-state index is 13.4. The van der Waals surface area contributed by atoms with Crippen molar-refractivity contribution in [1.29, 1.82) is 0 Å². The SMILES string of the molecule is O=C(O)NC1CCC(N2CCC3(CCCN(c4ccc(C(F)(F)F)cn4)C3)C2=O)CC1. The first-order valence-corrected chi connectivity index (χ1v) is 10.8. The lowest BCUT2D eigenvalue weighted by molar-refractivity contribution is -0.139. The first-order chi connectivity index (χ1) is 14.7. The van der Waals surface area contributed by atoms with Gasteiger partial charge < -0.3 is 20.2 Å². The number of hydrogen-bond acceptors (Lipinski definition) is 4. The fraction of sp³-hybridized carbons (Fsp3) is 0.667. The minimum absolute atomic E-state index is 0.0590. The van der Waals surface area contributed by atoms with Gasteiger partial charge in [0.25, 0.3) is 0 Å². The van der Waals surface area contributed by atoms with Crippen LogP contribution in [0.4, 0.5) is 23.8 Å². The molecule has 0 aromatic carbocycles. The Balaban J connectivity index is 1.41. The van der Waals surface area contributed by atoms with Crippen LogP contribution >= 0.6 is 0 Å². The number of likely N-dealkylation sites (tertiary alicyclic amines) is 1. The van der Waals surface area contributed by atoms with E-state index < -0.39 is 23.2 Å². The van der Waals surface area contributed by atoms with Gasteiger partial charge in [-0.15, -0.1) is 0 Å². The van der Waals surface area contributed by atoms with Crippen molar-refractivity contribution in [3.05, 3.63) is 23.9 Å². The van der Waals surface area contributed by atoms with Gasteiger partial charge in [0.15, 0.2) is 0 Å². The Labute approximate surface area is 178 Å². The number of alkyl halides is 3. The molecule has 2 N–H and O–H groups in total. The van der Waals surface area contributed by atoms with Crippen LogP contribution in [0.5, 0.6) is 0 Å². The Kier molecular flexibility index (Phi) is 5.74.